The third kappa shape index (κ3) is 4.09. The zero-order valence-corrected chi connectivity index (χ0v) is 19.4. The summed E-state index contributed by atoms with van der Waals surface area (Å²) in [4.78, 5) is 25.7. The summed E-state index contributed by atoms with van der Waals surface area (Å²) in [6.45, 7) is 1.01. The normalized spacial score (nSPS) is 19.5. The Balaban J connectivity index is 1.39. The lowest BCUT2D eigenvalue weighted by atomic mass is 10.1. The van der Waals surface area contributed by atoms with Crippen molar-refractivity contribution in [3.63, 3.8) is 0 Å². The van der Waals surface area contributed by atoms with Crippen molar-refractivity contribution >= 4 is 34.7 Å². The number of amides is 1. The molecule has 2 bridgehead atoms. The third-order valence-electron chi connectivity index (χ3n) is 6.60. The van der Waals surface area contributed by atoms with E-state index in [-0.39, 0.29) is 46.6 Å². The van der Waals surface area contributed by atoms with Gasteiger partial charge in [0.05, 0.1) is 26.3 Å². The van der Waals surface area contributed by atoms with Gasteiger partial charge in [0.15, 0.2) is 17.3 Å². The highest BCUT2D eigenvalue weighted by Gasteiger charge is 2.42. The molecule has 0 saturated carbocycles. The summed E-state index contributed by atoms with van der Waals surface area (Å²) in [5.74, 6) is -0.475. The lowest BCUT2D eigenvalue weighted by Gasteiger charge is -2.40. The van der Waals surface area contributed by atoms with E-state index in [0.717, 1.165) is 18.4 Å². The monoisotopic (exact) mass is 481 g/mol. The van der Waals surface area contributed by atoms with Gasteiger partial charge >= 0.3 is 0 Å². The Kier molecular flexibility index (Phi) is 5.88. The second kappa shape index (κ2) is 9.01. The molecule has 2 aliphatic rings. The van der Waals surface area contributed by atoms with Crippen LogP contribution >= 0.6 is 0 Å². The maximum Gasteiger partial charge on any atom is 0.247 e. The number of fused-ring (bicyclic) bond motifs is 3. The number of halogens is 2. The fraction of sp³-hybridized carbons (Fsp3) is 0.320. The summed E-state index contributed by atoms with van der Waals surface area (Å²) in [5, 5.41) is 0.339. The Morgan fingerprint density at radius 1 is 1.09 bits per heavy atom. The number of piperazine rings is 1. The minimum absolute atomic E-state index is 0.0325. The van der Waals surface area contributed by atoms with Gasteiger partial charge in [-0.2, -0.15) is 4.98 Å². The van der Waals surface area contributed by atoms with E-state index in [9.17, 15) is 9.18 Å². The Morgan fingerprint density at radius 2 is 1.77 bits per heavy atom. The molecule has 2 unspecified atom stereocenters. The van der Waals surface area contributed by atoms with E-state index in [1.54, 1.807) is 24.3 Å². The van der Waals surface area contributed by atoms with Crippen LogP contribution in [-0.4, -0.2) is 60.2 Å². The van der Waals surface area contributed by atoms with Crippen LogP contribution in [0.1, 0.15) is 18.4 Å². The van der Waals surface area contributed by atoms with Crippen molar-refractivity contribution in [3.8, 4) is 11.5 Å². The van der Waals surface area contributed by atoms with Gasteiger partial charge in [-0.3, -0.25) is 4.79 Å². The van der Waals surface area contributed by atoms with Gasteiger partial charge in [-0.05, 0) is 42.7 Å². The summed E-state index contributed by atoms with van der Waals surface area (Å²) in [7, 11) is 2.77. The van der Waals surface area contributed by atoms with E-state index in [1.165, 1.54) is 32.4 Å². The largest absolute Gasteiger partial charge is 0.493 e. The molecule has 2 fully saturated rings. The topological polar surface area (TPSA) is 93.8 Å². The van der Waals surface area contributed by atoms with Gasteiger partial charge in [-0.1, -0.05) is 12.1 Å². The van der Waals surface area contributed by atoms with Crippen LogP contribution in [0.3, 0.4) is 0 Å². The van der Waals surface area contributed by atoms with Gasteiger partial charge in [0, 0.05) is 24.6 Å². The van der Waals surface area contributed by atoms with Crippen LogP contribution in [0.15, 0.2) is 36.4 Å². The molecule has 0 spiro atoms. The van der Waals surface area contributed by atoms with Crippen molar-refractivity contribution in [2.45, 2.75) is 24.9 Å². The molecule has 1 amide bonds. The Morgan fingerprint density at radius 3 is 2.40 bits per heavy atom. The molecule has 3 heterocycles. The minimum Gasteiger partial charge on any atom is -0.493 e. The lowest BCUT2D eigenvalue weighted by molar-refractivity contribution is -0.129. The van der Waals surface area contributed by atoms with Crippen molar-refractivity contribution in [1.29, 1.82) is 0 Å². The molecule has 0 aliphatic carbocycles. The summed E-state index contributed by atoms with van der Waals surface area (Å²) in [5.41, 5.74) is 6.98. The first-order valence-electron chi connectivity index (χ1n) is 11.3. The van der Waals surface area contributed by atoms with E-state index in [4.69, 9.17) is 15.2 Å². The molecule has 1 aromatic heterocycles. The molecular weight excluding hydrogens is 456 g/mol. The van der Waals surface area contributed by atoms with Crippen LogP contribution in [0.5, 0.6) is 11.5 Å². The van der Waals surface area contributed by atoms with Gasteiger partial charge in [0.25, 0.3) is 0 Å². The second-order valence-corrected chi connectivity index (χ2v) is 8.65. The maximum atomic E-state index is 15.2. The number of hydrogen-bond donors (Lipinski definition) is 1. The van der Waals surface area contributed by atoms with Gasteiger partial charge in [0.2, 0.25) is 11.9 Å². The highest BCUT2D eigenvalue weighted by molar-refractivity contribution is 5.93. The number of carbonyl (C=O) groups excluding carboxylic acids is 1. The number of aromatic nitrogens is 2. The number of rotatable bonds is 5. The standard InChI is InChI=1S/C25H25F2N5O3/c1-34-19-11-18-22(21(27)23(19)35-2)29-25(30-24(18)28)31-12-16-8-9-17(13-31)32(16)20(33)10-5-14-3-6-15(26)7-4-14/h3-7,10-11,16-17H,8-9,12-13H2,1-2H3,(H2,28,29,30). The first kappa shape index (κ1) is 22.8. The molecule has 2 aliphatic heterocycles. The molecular formula is C25H25F2N5O3. The van der Waals surface area contributed by atoms with Crippen molar-refractivity contribution in [2.75, 3.05) is 37.9 Å². The quantitative estimate of drug-likeness (QED) is 0.558. The summed E-state index contributed by atoms with van der Waals surface area (Å²) < 4.78 is 38.7. The molecule has 35 heavy (non-hydrogen) atoms. The molecule has 0 radical (unpaired) electrons. The predicted molar refractivity (Wildman–Crippen MR) is 128 cm³/mol. The van der Waals surface area contributed by atoms with Crippen LogP contribution in [0.2, 0.25) is 0 Å². The van der Waals surface area contributed by atoms with Crippen molar-refractivity contribution < 1.29 is 23.0 Å². The molecule has 5 rings (SSSR count). The summed E-state index contributed by atoms with van der Waals surface area (Å²) in [6.07, 6.45) is 4.90. The fourth-order valence-corrected chi connectivity index (χ4v) is 4.93. The predicted octanol–water partition coefficient (Wildman–Crippen LogP) is 3.40. The first-order chi connectivity index (χ1) is 16.9. The van der Waals surface area contributed by atoms with Crippen molar-refractivity contribution in [2.24, 2.45) is 0 Å². The van der Waals surface area contributed by atoms with Gasteiger partial charge in [-0.25, -0.2) is 13.8 Å². The smallest absolute Gasteiger partial charge is 0.247 e. The number of anilines is 2. The van der Waals surface area contributed by atoms with Gasteiger partial charge in [0.1, 0.15) is 17.2 Å². The van der Waals surface area contributed by atoms with Crippen LogP contribution in [0.4, 0.5) is 20.5 Å². The molecule has 2 N–H and O–H groups in total. The SMILES string of the molecule is COc1cc2c(N)nc(N3CC4CCC(C3)N4C(=O)C=Cc3ccc(F)cc3)nc2c(F)c1OC. The van der Waals surface area contributed by atoms with E-state index in [1.807, 2.05) is 9.80 Å². The minimum atomic E-state index is -0.667. The van der Waals surface area contributed by atoms with Crippen LogP contribution in [-0.2, 0) is 4.79 Å². The van der Waals surface area contributed by atoms with Gasteiger partial charge < -0.3 is 25.0 Å². The third-order valence-corrected chi connectivity index (χ3v) is 6.60. The molecule has 2 atom stereocenters. The highest BCUT2D eigenvalue weighted by Crippen LogP contribution is 2.38. The van der Waals surface area contributed by atoms with E-state index in [0.29, 0.717) is 24.4 Å². The number of carbonyl (C=O) groups is 1. The number of benzene rings is 2. The Bertz CT molecular complexity index is 1300. The molecule has 2 aromatic carbocycles. The lowest BCUT2D eigenvalue weighted by Crippen LogP contribution is -2.56. The Labute approximate surface area is 201 Å². The summed E-state index contributed by atoms with van der Waals surface area (Å²) in [6, 6.07) is 7.45. The van der Waals surface area contributed by atoms with Crippen molar-refractivity contribution in [3.05, 3.63) is 53.6 Å². The maximum absolute atomic E-state index is 15.2. The molecule has 10 heteroatoms. The number of ether oxygens (including phenoxy) is 2. The molecule has 8 nitrogen and oxygen atoms in total. The van der Waals surface area contributed by atoms with Crippen molar-refractivity contribution in [1.82, 2.24) is 14.9 Å². The zero-order chi connectivity index (χ0) is 24.7. The van der Waals surface area contributed by atoms with Crippen LogP contribution in [0, 0.1) is 11.6 Å². The average molecular weight is 482 g/mol. The number of hydrogen-bond acceptors (Lipinski definition) is 7. The Hall–Kier alpha value is -3.95. The number of nitrogens with two attached hydrogens (primary N) is 1. The number of nitrogens with zero attached hydrogens (tertiary/aromatic N) is 4. The van der Waals surface area contributed by atoms with E-state index >= 15 is 4.39 Å². The van der Waals surface area contributed by atoms with E-state index in [2.05, 4.69) is 9.97 Å². The number of nitrogen functional groups attached to an aromatic ring is 1. The zero-order valence-electron chi connectivity index (χ0n) is 19.4. The molecule has 182 valence electrons. The van der Waals surface area contributed by atoms with Crippen LogP contribution in [0.25, 0.3) is 17.0 Å². The van der Waals surface area contributed by atoms with Crippen LogP contribution < -0.4 is 20.1 Å². The molecule has 2 saturated heterocycles. The first-order valence-corrected chi connectivity index (χ1v) is 11.3. The second-order valence-electron chi connectivity index (χ2n) is 8.65. The van der Waals surface area contributed by atoms with E-state index < -0.39 is 5.82 Å². The fourth-order valence-electron chi connectivity index (χ4n) is 4.93. The highest BCUT2D eigenvalue weighted by atomic mass is 19.1. The molecule has 3 aromatic rings. The number of methoxy groups -OCH3 is 2. The average Bonchev–Trinajstić information content (AvgIpc) is 3.12. The summed E-state index contributed by atoms with van der Waals surface area (Å²) >= 11 is 0. The van der Waals surface area contributed by atoms with Gasteiger partial charge in [-0.15, -0.1) is 0 Å².